The van der Waals surface area contributed by atoms with Crippen LogP contribution >= 0.6 is 11.3 Å². The summed E-state index contributed by atoms with van der Waals surface area (Å²) in [5.41, 5.74) is 4.34. The first-order chi connectivity index (χ1) is 13.2. The fourth-order valence-electron chi connectivity index (χ4n) is 2.28. The average Bonchev–Trinajstić information content (AvgIpc) is 3.04. The van der Waals surface area contributed by atoms with E-state index in [0.29, 0.717) is 22.3 Å². The Balaban J connectivity index is 1.64. The highest BCUT2D eigenvalue weighted by molar-refractivity contribution is 7.17. The number of nitrogens with one attached hydrogen (secondary N) is 1. The second-order valence-corrected chi connectivity index (χ2v) is 6.51. The molecule has 2 aromatic carbocycles. The van der Waals surface area contributed by atoms with Gasteiger partial charge in [-0.3, -0.25) is 5.43 Å². The highest BCUT2D eigenvalue weighted by atomic mass is 32.1. The summed E-state index contributed by atoms with van der Waals surface area (Å²) in [6, 6.07) is 17.2. The van der Waals surface area contributed by atoms with Gasteiger partial charge in [-0.15, -0.1) is 0 Å². The number of esters is 1. The van der Waals surface area contributed by atoms with Crippen molar-refractivity contribution >= 4 is 28.7 Å². The van der Waals surface area contributed by atoms with Crippen molar-refractivity contribution in [1.29, 1.82) is 0 Å². The Hall–Kier alpha value is -3.19. The molecule has 6 nitrogen and oxygen atoms in total. The molecule has 0 saturated heterocycles. The largest absolute Gasteiger partial charge is 0.462 e. The molecule has 0 bridgehead atoms. The number of hydrogen-bond donors (Lipinski definition) is 1. The normalized spacial score (nSPS) is 10.7. The highest BCUT2D eigenvalue weighted by Gasteiger charge is 2.15. The van der Waals surface area contributed by atoms with E-state index in [0.717, 1.165) is 17.1 Å². The van der Waals surface area contributed by atoms with Gasteiger partial charge in [0.2, 0.25) is 5.13 Å². The number of hydrazone groups is 1. The second kappa shape index (κ2) is 8.95. The number of anilines is 1. The first kappa shape index (κ1) is 18.6. The van der Waals surface area contributed by atoms with Crippen molar-refractivity contribution < 1.29 is 14.3 Å². The fourth-order valence-corrected chi connectivity index (χ4v) is 3.09. The van der Waals surface area contributed by atoms with Crippen LogP contribution in [0.5, 0.6) is 11.5 Å². The van der Waals surface area contributed by atoms with E-state index in [2.05, 4.69) is 15.5 Å². The molecular formula is C20H19N3O3S. The SMILES string of the molecule is CCOC(=O)c1sc(N/N=C\c2cccc(Oc3ccccc3)c2)nc1C. The Morgan fingerprint density at radius 2 is 1.96 bits per heavy atom. The molecule has 0 aliphatic rings. The standard InChI is InChI=1S/C20H19N3O3S/c1-3-25-19(24)18-14(2)22-20(27-18)23-21-13-15-8-7-11-17(12-15)26-16-9-5-4-6-10-16/h4-13H,3H2,1-2H3,(H,22,23)/b21-13-. The van der Waals surface area contributed by atoms with Gasteiger partial charge in [-0.05, 0) is 43.7 Å². The molecule has 0 unspecified atom stereocenters. The zero-order chi connectivity index (χ0) is 19.1. The van der Waals surface area contributed by atoms with Gasteiger partial charge in [0.15, 0.2) is 0 Å². The van der Waals surface area contributed by atoms with Gasteiger partial charge in [-0.2, -0.15) is 5.10 Å². The molecule has 0 radical (unpaired) electrons. The lowest BCUT2D eigenvalue weighted by Crippen LogP contribution is -2.03. The minimum atomic E-state index is -0.365. The number of carbonyl (C=O) groups is 1. The Labute approximate surface area is 161 Å². The van der Waals surface area contributed by atoms with Crippen LogP contribution in [0.1, 0.15) is 27.9 Å². The Morgan fingerprint density at radius 1 is 1.19 bits per heavy atom. The molecule has 3 aromatic rings. The van der Waals surface area contributed by atoms with Crippen LogP contribution in [-0.2, 0) is 4.74 Å². The molecule has 0 amide bonds. The van der Waals surface area contributed by atoms with Gasteiger partial charge in [-0.1, -0.05) is 41.7 Å². The Bertz CT molecular complexity index is 939. The van der Waals surface area contributed by atoms with Gasteiger partial charge in [0, 0.05) is 0 Å². The molecule has 27 heavy (non-hydrogen) atoms. The molecule has 0 atom stereocenters. The third-order valence-corrected chi connectivity index (χ3v) is 4.51. The predicted octanol–water partition coefficient (Wildman–Crippen LogP) is 4.87. The number of rotatable bonds is 7. The topological polar surface area (TPSA) is 72.8 Å². The summed E-state index contributed by atoms with van der Waals surface area (Å²) in [4.78, 5) is 16.6. The number of aryl methyl sites for hydroxylation is 1. The fraction of sp³-hybridized carbons (Fsp3) is 0.150. The summed E-state index contributed by atoms with van der Waals surface area (Å²) in [5, 5.41) is 4.72. The highest BCUT2D eigenvalue weighted by Crippen LogP contribution is 2.24. The summed E-state index contributed by atoms with van der Waals surface area (Å²) in [5.74, 6) is 1.13. The summed E-state index contributed by atoms with van der Waals surface area (Å²) in [6.07, 6.45) is 1.67. The summed E-state index contributed by atoms with van der Waals surface area (Å²) in [7, 11) is 0. The van der Waals surface area contributed by atoms with Crippen LogP contribution in [0, 0.1) is 6.92 Å². The molecule has 0 aliphatic carbocycles. The third-order valence-electron chi connectivity index (χ3n) is 3.47. The molecule has 7 heteroatoms. The van der Waals surface area contributed by atoms with E-state index in [1.54, 1.807) is 20.1 Å². The average molecular weight is 381 g/mol. The molecule has 0 saturated carbocycles. The Kier molecular flexibility index (Phi) is 6.17. The summed E-state index contributed by atoms with van der Waals surface area (Å²) in [6.45, 7) is 3.87. The van der Waals surface area contributed by atoms with E-state index in [1.807, 2.05) is 54.6 Å². The van der Waals surface area contributed by atoms with Crippen LogP contribution in [0.25, 0.3) is 0 Å². The number of nitrogens with zero attached hydrogens (tertiary/aromatic N) is 2. The van der Waals surface area contributed by atoms with Gasteiger partial charge in [-0.25, -0.2) is 9.78 Å². The lowest BCUT2D eigenvalue weighted by atomic mass is 10.2. The van der Waals surface area contributed by atoms with E-state index in [1.165, 1.54) is 11.3 Å². The molecule has 3 rings (SSSR count). The number of thiazole rings is 1. The van der Waals surface area contributed by atoms with Crippen LogP contribution in [0.15, 0.2) is 59.7 Å². The zero-order valence-corrected chi connectivity index (χ0v) is 15.8. The molecule has 0 spiro atoms. The lowest BCUT2D eigenvalue weighted by molar-refractivity contribution is 0.0531. The van der Waals surface area contributed by atoms with Crippen molar-refractivity contribution in [3.05, 3.63) is 70.7 Å². The van der Waals surface area contributed by atoms with Gasteiger partial charge in [0.25, 0.3) is 0 Å². The maximum absolute atomic E-state index is 11.8. The smallest absolute Gasteiger partial charge is 0.350 e. The van der Waals surface area contributed by atoms with Crippen molar-refractivity contribution in [2.45, 2.75) is 13.8 Å². The van der Waals surface area contributed by atoms with Gasteiger partial charge >= 0.3 is 5.97 Å². The molecule has 0 fully saturated rings. The van der Waals surface area contributed by atoms with E-state index in [9.17, 15) is 4.79 Å². The van der Waals surface area contributed by atoms with E-state index >= 15 is 0 Å². The van der Waals surface area contributed by atoms with Gasteiger partial charge < -0.3 is 9.47 Å². The van der Waals surface area contributed by atoms with Crippen LogP contribution in [0.4, 0.5) is 5.13 Å². The van der Waals surface area contributed by atoms with Crippen molar-refractivity contribution in [3.8, 4) is 11.5 Å². The van der Waals surface area contributed by atoms with E-state index in [-0.39, 0.29) is 5.97 Å². The van der Waals surface area contributed by atoms with Gasteiger partial charge in [0.05, 0.1) is 18.5 Å². The first-order valence-electron chi connectivity index (χ1n) is 8.42. The van der Waals surface area contributed by atoms with Crippen molar-refractivity contribution in [2.24, 2.45) is 5.10 Å². The number of carbonyl (C=O) groups excluding carboxylic acids is 1. The minimum absolute atomic E-state index is 0.332. The second-order valence-electron chi connectivity index (χ2n) is 5.51. The van der Waals surface area contributed by atoms with E-state index in [4.69, 9.17) is 9.47 Å². The van der Waals surface area contributed by atoms with Crippen molar-refractivity contribution in [2.75, 3.05) is 12.0 Å². The van der Waals surface area contributed by atoms with Crippen molar-refractivity contribution in [3.63, 3.8) is 0 Å². The molecular weight excluding hydrogens is 362 g/mol. The molecule has 0 aliphatic heterocycles. The maximum atomic E-state index is 11.8. The Morgan fingerprint density at radius 3 is 2.74 bits per heavy atom. The first-order valence-corrected chi connectivity index (χ1v) is 9.24. The number of hydrogen-bond acceptors (Lipinski definition) is 7. The van der Waals surface area contributed by atoms with Crippen LogP contribution in [0.3, 0.4) is 0 Å². The lowest BCUT2D eigenvalue weighted by Gasteiger charge is -2.05. The van der Waals surface area contributed by atoms with Crippen LogP contribution in [0.2, 0.25) is 0 Å². The third kappa shape index (κ3) is 5.15. The zero-order valence-electron chi connectivity index (χ0n) is 15.0. The van der Waals surface area contributed by atoms with Crippen molar-refractivity contribution in [1.82, 2.24) is 4.98 Å². The number of benzene rings is 2. The molecule has 1 heterocycles. The number of para-hydroxylation sites is 1. The van der Waals surface area contributed by atoms with E-state index < -0.39 is 0 Å². The predicted molar refractivity (Wildman–Crippen MR) is 107 cm³/mol. The molecule has 1 aromatic heterocycles. The quantitative estimate of drug-likeness (QED) is 0.359. The monoisotopic (exact) mass is 381 g/mol. The summed E-state index contributed by atoms with van der Waals surface area (Å²) < 4.78 is 10.8. The molecule has 138 valence electrons. The van der Waals surface area contributed by atoms with Crippen LogP contribution in [-0.4, -0.2) is 23.8 Å². The van der Waals surface area contributed by atoms with Gasteiger partial charge in [0.1, 0.15) is 16.4 Å². The number of aromatic nitrogens is 1. The minimum Gasteiger partial charge on any atom is -0.462 e. The van der Waals surface area contributed by atoms with Crippen LogP contribution < -0.4 is 10.2 Å². The molecule has 1 N–H and O–H groups in total. The summed E-state index contributed by atoms with van der Waals surface area (Å²) >= 11 is 1.21. The maximum Gasteiger partial charge on any atom is 0.350 e. The number of ether oxygens (including phenoxy) is 2.